The summed E-state index contributed by atoms with van der Waals surface area (Å²) in [6.45, 7) is 4.71. The number of alkyl halides is 1. The van der Waals surface area contributed by atoms with Crippen molar-refractivity contribution in [2.24, 2.45) is 11.3 Å². The molecule has 0 bridgehead atoms. The Balaban J connectivity index is 1.41. The van der Waals surface area contributed by atoms with E-state index in [-0.39, 0.29) is 42.1 Å². The highest BCUT2D eigenvalue weighted by atomic mass is 35.5. The highest BCUT2D eigenvalue weighted by molar-refractivity contribution is 6.22. The lowest BCUT2D eigenvalue weighted by molar-refractivity contribution is -0.139. The lowest BCUT2D eigenvalue weighted by Gasteiger charge is -2.39. The second kappa shape index (κ2) is 8.44. The second-order valence-corrected chi connectivity index (χ2v) is 11.0. The summed E-state index contributed by atoms with van der Waals surface area (Å²) in [6.07, 6.45) is 5.02. The molecule has 2 N–H and O–H groups in total. The average molecular weight is 472 g/mol. The fraction of sp³-hybridized carbons (Fsp3) is 0.560. The van der Waals surface area contributed by atoms with Crippen LogP contribution in [-0.4, -0.2) is 64.2 Å². The molecule has 1 aromatic carbocycles. The summed E-state index contributed by atoms with van der Waals surface area (Å²) < 4.78 is 5.55. The van der Waals surface area contributed by atoms with Gasteiger partial charge in [-0.25, -0.2) is 0 Å². The van der Waals surface area contributed by atoms with E-state index >= 15 is 0 Å². The van der Waals surface area contributed by atoms with Crippen LogP contribution in [0.25, 0.3) is 10.9 Å². The maximum Gasteiger partial charge on any atom is 0.251 e. The van der Waals surface area contributed by atoms with E-state index in [4.69, 9.17) is 16.3 Å². The van der Waals surface area contributed by atoms with Gasteiger partial charge in [-0.2, -0.15) is 0 Å². The molecule has 3 heterocycles. The Morgan fingerprint density at radius 3 is 2.76 bits per heavy atom. The Hall–Kier alpha value is -2.38. The molecule has 3 aliphatic rings. The van der Waals surface area contributed by atoms with Crippen LogP contribution < -0.4 is 5.32 Å². The number of benzene rings is 1. The molecule has 3 fully saturated rings. The molecule has 0 spiro atoms. The summed E-state index contributed by atoms with van der Waals surface area (Å²) in [5.41, 5.74) is 1.68. The largest absolute Gasteiger partial charge is 0.366 e. The summed E-state index contributed by atoms with van der Waals surface area (Å²) >= 11 is 6.43. The molecule has 7 nitrogen and oxygen atoms in total. The number of nitrogens with zero attached hydrogens (tertiary/aromatic N) is 1. The van der Waals surface area contributed by atoms with Crippen LogP contribution in [0.1, 0.15) is 49.9 Å². The topological polar surface area (TPSA) is 91.5 Å². The molecular formula is C25H30ClN3O4. The fourth-order valence-corrected chi connectivity index (χ4v) is 5.92. The zero-order valence-electron chi connectivity index (χ0n) is 19.0. The van der Waals surface area contributed by atoms with Crippen LogP contribution in [-0.2, 0) is 14.3 Å². The normalized spacial score (nSPS) is 28.2. The number of hydrogen-bond acceptors (Lipinski definition) is 4. The Labute approximate surface area is 198 Å². The van der Waals surface area contributed by atoms with E-state index in [0.717, 1.165) is 36.6 Å². The number of aromatic amines is 1. The molecule has 176 valence electrons. The van der Waals surface area contributed by atoms with Crippen molar-refractivity contribution in [2.75, 3.05) is 13.2 Å². The predicted octanol–water partition coefficient (Wildman–Crippen LogP) is 3.27. The molecule has 33 heavy (non-hydrogen) atoms. The zero-order valence-corrected chi connectivity index (χ0v) is 19.7. The molecule has 1 aromatic heterocycles. The van der Waals surface area contributed by atoms with Gasteiger partial charge in [0.25, 0.3) is 5.91 Å². The van der Waals surface area contributed by atoms with Gasteiger partial charge in [-0.3, -0.25) is 14.4 Å². The van der Waals surface area contributed by atoms with Crippen molar-refractivity contribution < 1.29 is 19.1 Å². The summed E-state index contributed by atoms with van der Waals surface area (Å²) in [4.78, 5) is 44.2. The first-order valence-electron chi connectivity index (χ1n) is 11.7. The highest BCUT2D eigenvalue weighted by Gasteiger charge is 2.53. The number of carbonyl (C=O) groups is 3. The van der Waals surface area contributed by atoms with Gasteiger partial charge >= 0.3 is 0 Å². The molecule has 2 aliphatic heterocycles. The number of carbonyl (C=O) groups excluding carboxylic acids is 3. The molecular weight excluding hydrogens is 442 g/mol. The van der Waals surface area contributed by atoms with E-state index in [1.807, 2.05) is 24.4 Å². The van der Waals surface area contributed by atoms with Crippen LogP contribution in [0.3, 0.4) is 0 Å². The predicted molar refractivity (Wildman–Crippen MR) is 125 cm³/mol. The van der Waals surface area contributed by atoms with Gasteiger partial charge in [0.1, 0.15) is 24.8 Å². The number of Topliss-reactive ketones (excluding diaryl/α,β-unsaturated/α-hetero) is 1. The Bertz CT molecular complexity index is 1090. The number of aromatic nitrogens is 1. The standard InChI is InChI=1S/C25H30ClN3O4/c1-25(2)8-5-14(6-9-25)20(24(32)29-12-17(26)22-21(29)19(30)13-33-22)28-23(31)16-3-4-18-15(11-16)7-10-27-18/h3-4,7,10-11,14,17,20-22,27H,5-6,8-9,12-13H2,1-2H3,(H,28,31)/t17-,20-,21+,22+/m0/s1. The quantitative estimate of drug-likeness (QED) is 0.669. The van der Waals surface area contributed by atoms with Gasteiger partial charge in [-0.05, 0) is 61.3 Å². The van der Waals surface area contributed by atoms with Crippen LogP contribution in [0.5, 0.6) is 0 Å². The lowest BCUT2D eigenvalue weighted by Crippen LogP contribution is -2.55. The first kappa shape index (κ1) is 22.4. The molecule has 8 heteroatoms. The maximum atomic E-state index is 13.8. The van der Waals surface area contributed by atoms with Gasteiger partial charge < -0.3 is 19.9 Å². The SMILES string of the molecule is CC1(C)CCC([C@H](NC(=O)c2ccc3[nH]ccc3c2)C(=O)N2C[C@H](Cl)[C@H]3OCC(=O)[C@H]32)CC1. The van der Waals surface area contributed by atoms with E-state index in [9.17, 15) is 14.4 Å². The third-order valence-electron chi connectivity index (χ3n) is 7.63. The molecule has 2 aromatic rings. The van der Waals surface area contributed by atoms with Crippen LogP contribution in [0.15, 0.2) is 30.5 Å². The molecule has 2 amide bonds. The van der Waals surface area contributed by atoms with Crippen LogP contribution in [0, 0.1) is 11.3 Å². The van der Waals surface area contributed by atoms with Crippen LogP contribution in [0.4, 0.5) is 0 Å². The van der Waals surface area contributed by atoms with Crippen molar-refractivity contribution in [1.29, 1.82) is 0 Å². The monoisotopic (exact) mass is 471 g/mol. The van der Waals surface area contributed by atoms with Gasteiger partial charge in [0.2, 0.25) is 5.91 Å². The minimum Gasteiger partial charge on any atom is -0.366 e. The summed E-state index contributed by atoms with van der Waals surface area (Å²) in [6, 6.07) is 6.00. The van der Waals surface area contributed by atoms with Crippen LogP contribution >= 0.6 is 11.6 Å². The summed E-state index contributed by atoms with van der Waals surface area (Å²) in [7, 11) is 0. The van der Waals surface area contributed by atoms with Crippen molar-refractivity contribution in [3.63, 3.8) is 0 Å². The van der Waals surface area contributed by atoms with E-state index < -0.39 is 23.6 Å². The first-order valence-corrected chi connectivity index (χ1v) is 12.1. The molecule has 0 unspecified atom stereocenters. The Morgan fingerprint density at radius 1 is 1.24 bits per heavy atom. The van der Waals surface area contributed by atoms with Gasteiger partial charge in [-0.15, -0.1) is 11.6 Å². The van der Waals surface area contributed by atoms with Gasteiger partial charge in [-0.1, -0.05) is 13.8 Å². The van der Waals surface area contributed by atoms with Gasteiger partial charge in [0.15, 0.2) is 5.78 Å². The van der Waals surface area contributed by atoms with E-state index in [2.05, 4.69) is 24.1 Å². The number of nitrogens with one attached hydrogen (secondary N) is 2. The van der Waals surface area contributed by atoms with Gasteiger partial charge in [0, 0.05) is 29.2 Å². The fourth-order valence-electron chi connectivity index (χ4n) is 5.56. The number of ether oxygens (including phenoxy) is 1. The van der Waals surface area contributed by atoms with Gasteiger partial charge in [0.05, 0.1) is 5.38 Å². The highest BCUT2D eigenvalue weighted by Crippen LogP contribution is 2.40. The summed E-state index contributed by atoms with van der Waals surface area (Å²) in [5.74, 6) is -0.624. The zero-order chi connectivity index (χ0) is 23.3. The minimum absolute atomic E-state index is 0.00992. The van der Waals surface area contributed by atoms with E-state index in [1.165, 1.54) is 0 Å². The van der Waals surface area contributed by atoms with Crippen LogP contribution in [0.2, 0.25) is 0 Å². The molecule has 0 radical (unpaired) electrons. The third kappa shape index (κ3) is 4.17. The molecule has 4 atom stereocenters. The number of fused-ring (bicyclic) bond motifs is 2. The number of ketones is 1. The average Bonchev–Trinajstić information content (AvgIpc) is 3.49. The number of likely N-dealkylation sites (tertiary alicyclic amines) is 1. The van der Waals surface area contributed by atoms with E-state index in [1.54, 1.807) is 11.0 Å². The molecule has 2 saturated heterocycles. The molecule has 5 rings (SSSR count). The number of rotatable bonds is 4. The number of halogens is 1. The maximum absolute atomic E-state index is 13.8. The van der Waals surface area contributed by atoms with Crippen molar-refractivity contribution >= 4 is 40.1 Å². The molecule has 1 aliphatic carbocycles. The number of H-pyrrole nitrogens is 1. The van der Waals surface area contributed by atoms with E-state index in [0.29, 0.717) is 5.56 Å². The minimum atomic E-state index is -0.702. The van der Waals surface area contributed by atoms with Crippen molar-refractivity contribution in [3.05, 3.63) is 36.0 Å². The number of amides is 2. The number of hydrogen-bond donors (Lipinski definition) is 2. The smallest absolute Gasteiger partial charge is 0.251 e. The molecule has 1 saturated carbocycles. The first-order chi connectivity index (χ1) is 15.7. The summed E-state index contributed by atoms with van der Waals surface area (Å²) in [5, 5.41) is 3.55. The Kier molecular flexibility index (Phi) is 5.73. The van der Waals surface area contributed by atoms with Crippen molar-refractivity contribution in [2.45, 2.75) is 63.1 Å². The van der Waals surface area contributed by atoms with Crippen molar-refractivity contribution in [1.82, 2.24) is 15.2 Å². The third-order valence-corrected chi connectivity index (χ3v) is 8.02. The Morgan fingerprint density at radius 2 is 2.00 bits per heavy atom. The second-order valence-electron chi connectivity index (χ2n) is 10.4. The van der Waals surface area contributed by atoms with Crippen molar-refractivity contribution in [3.8, 4) is 0 Å². The lowest BCUT2D eigenvalue weighted by atomic mass is 9.71.